The molecule has 0 aromatic carbocycles. The van der Waals surface area contributed by atoms with Gasteiger partial charge in [0.15, 0.2) is 5.78 Å². The molecule has 2 nitrogen and oxygen atoms in total. The zero-order valence-corrected chi connectivity index (χ0v) is 8.46. The summed E-state index contributed by atoms with van der Waals surface area (Å²) in [6.45, 7) is 4.05. The van der Waals surface area contributed by atoms with Crippen molar-refractivity contribution >= 4 is 5.78 Å². The molecule has 2 heteroatoms. The first-order valence-corrected chi connectivity index (χ1v) is 4.82. The van der Waals surface area contributed by atoms with Crippen molar-refractivity contribution in [3.8, 4) is 0 Å². The first-order chi connectivity index (χ1) is 6.03. The molecule has 0 unspecified atom stereocenters. The van der Waals surface area contributed by atoms with E-state index in [-0.39, 0.29) is 11.2 Å². The summed E-state index contributed by atoms with van der Waals surface area (Å²) in [6, 6.07) is 0. The van der Waals surface area contributed by atoms with Gasteiger partial charge in [-0.2, -0.15) is 0 Å². The summed E-state index contributed by atoms with van der Waals surface area (Å²) >= 11 is 0. The van der Waals surface area contributed by atoms with Gasteiger partial charge in [0, 0.05) is 12.5 Å². The molecule has 3 aliphatic carbocycles. The van der Waals surface area contributed by atoms with E-state index in [9.17, 15) is 4.79 Å². The van der Waals surface area contributed by atoms with Crippen LogP contribution in [0.2, 0.25) is 0 Å². The van der Waals surface area contributed by atoms with Gasteiger partial charge in [0.1, 0.15) is 5.60 Å². The minimum atomic E-state index is -0.599. The zero-order chi connectivity index (χ0) is 9.69. The van der Waals surface area contributed by atoms with Crippen LogP contribution < -0.4 is 0 Å². The molecule has 0 saturated heterocycles. The Balaban J connectivity index is 2.48. The lowest BCUT2D eigenvalue weighted by molar-refractivity contribution is -0.155. The SMILES string of the molecule is CO[C@]12C=C[C@H](CC1)C(C)(C)C2=O. The standard InChI is InChI=1S/C11H16O2/c1-10(2)8-4-6-11(13-3,7-5-8)9(10)12/h4,6,8H,5,7H2,1-3H3/t8-,11-/m1/s1. The number of fused-ring (bicyclic) bond motifs is 2. The molecule has 0 amide bonds. The average molecular weight is 180 g/mol. The molecule has 3 rings (SSSR count). The molecule has 0 aliphatic heterocycles. The van der Waals surface area contributed by atoms with Crippen LogP contribution in [0.15, 0.2) is 12.2 Å². The van der Waals surface area contributed by atoms with Gasteiger partial charge in [-0.25, -0.2) is 0 Å². The highest BCUT2D eigenvalue weighted by molar-refractivity contribution is 5.96. The molecule has 0 spiro atoms. The van der Waals surface area contributed by atoms with Crippen molar-refractivity contribution in [2.45, 2.75) is 32.3 Å². The second-order valence-electron chi connectivity index (χ2n) is 4.65. The predicted molar refractivity (Wildman–Crippen MR) is 50.4 cm³/mol. The number of carbonyl (C=O) groups excluding carboxylic acids is 1. The molecular formula is C11H16O2. The number of ketones is 1. The van der Waals surface area contributed by atoms with Crippen molar-refractivity contribution in [1.29, 1.82) is 0 Å². The van der Waals surface area contributed by atoms with E-state index in [1.54, 1.807) is 7.11 Å². The van der Waals surface area contributed by atoms with Gasteiger partial charge >= 0.3 is 0 Å². The first kappa shape index (κ1) is 8.95. The monoisotopic (exact) mass is 180 g/mol. The Kier molecular flexibility index (Phi) is 1.68. The lowest BCUT2D eigenvalue weighted by Gasteiger charge is -2.48. The summed E-state index contributed by atoms with van der Waals surface area (Å²) in [5.41, 5.74) is -0.832. The predicted octanol–water partition coefficient (Wildman–Crippen LogP) is 1.95. The second-order valence-corrected chi connectivity index (χ2v) is 4.65. The third-order valence-electron chi connectivity index (χ3n) is 3.69. The summed E-state index contributed by atoms with van der Waals surface area (Å²) in [7, 11) is 1.63. The van der Waals surface area contributed by atoms with E-state index < -0.39 is 5.60 Å². The van der Waals surface area contributed by atoms with Crippen LogP contribution >= 0.6 is 0 Å². The van der Waals surface area contributed by atoms with Crippen LogP contribution in [-0.2, 0) is 9.53 Å². The summed E-state index contributed by atoms with van der Waals surface area (Å²) in [6.07, 6.45) is 6.03. The van der Waals surface area contributed by atoms with E-state index in [4.69, 9.17) is 4.74 Å². The number of hydrogen-bond donors (Lipinski definition) is 0. The van der Waals surface area contributed by atoms with Crippen LogP contribution in [0.25, 0.3) is 0 Å². The molecule has 0 heterocycles. The Labute approximate surface area is 79.0 Å². The third kappa shape index (κ3) is 0.953. The summed E-state index contributed by atoms with van der Waals surface area (Å²) < 4.78 is 5.38. The van der Waals surface area contributed by atoms with Gasteiger partial charge in [0.2, 0.25) is 0 Å². The number of allylic oxidation sites excluding steroid dienone is 1. The van der Waals surface area contributed by atoms with Gasteiger partial charge in [0.25, 0.3) is 0 Å². The van der Waals surface area contributed by atoms with Gasteiger partial charge < -0.3 is 4.74 Å². The lowest BCUT2D eigenvalue weighted by atomic mass is 9.58. The topological polar surface area (TPSA) is 26.3 Å². The molecule has 2 atom stereocenters. The van der Waals surface area contributed by atoms with Gasteiger partial charge in [0.05, 0.1) is 0 Å². The molecule has 0 radical (unpaired) electrons. The number of hydrogen-bond acceptors (Lipinski definition) is 2. The fourth-order valence-corrected chi connectivity index (χ4v) is 2.59. The fourth-order valence-electron chi connectivity index (χ4n) is 2.59. The van der Waals surface area contributed by atoms with Crippen LogP contribution in [-0.4, -0.2) is 18.5 Å². The number of carbonyl (C=O) groups is 1. The Morgan fingerprint density at radius 1 is 1.54 bits per heavy atom. The smallest absolute Gasteiger partial charge is 0.174 e. The lowest BCUT2D eigenvalue weighted by Crippen LogP contribution is -2.56. The Hall–Kier alpha value is -0.630. The highest BCUT2D eigenvalue weighted by Gasteiger charge is 2.54. The van der Waals surface area contributed by atoms with Crippen molar-refractivity contribution in [2.24, 2.45) is 11.3 Å². The van der Waals surface area contributed by atoms with Crippen molar-refractivity contribution in [3.63, 3.8) is 0 Å². The minimum Gasteiger partial charge on any atom is -0.366 e. The van der Waals surface area contributed by atoms with Gasteiger partial charge in [-0.05, 0) is 24.8 Å². The van der Waals surface area contributed by atoms with Crippen LogP contribution in [0.1, 0.15) is 26.7 Å². The molecule has 72 valence electrons. The number of Topliss-reactive ketones (excluding diaryl/α,β-unsaturated/α-hetero) is 1. The minimum absolute atomic E-state index is 0.233. The van der Waals surface area contributed by atoms with Crippen molar-refractivity contribution in [2.75, 3.05) is 7.11 Å². The molecule has 1 saturated carbocycles. The van der Waals surface area contributed by atoms with Crippen LogP contribution in [0.5, 0.6) is 0 Å². The summed E-state index contributed by atoms with van der Waals surface area (Å²) in [5, 5.41) is 0. The van der Waals surface area contributed by atoms with E-state index in [1.165, 1.54) is 0 Å². The molecule has 3 aliphatic rings. The van der Waals surface area contributed by atoms with E-state index in [2.05, 4.69) is 6.08 Å². The Morgan fingerprint density at radius 3 is 2.62 bits per heavy atom. The number of rotatable bonds is 1. The maximum Gasteiger partial charge on any atom is 0.174 e. The van der Waals surface area contributed by atoms with Crippen LogP contribution in [0.4, 0.5) is 0 Å². The van der Waals surface area contributed by atoms with Gasteiger partial charge in [-0.15, -0.1) is 0 Å². The van der Waals surface area contributed by atoms with E-state index >= 15 is 0 Å². The molecule has 0 N–H and O–H groups in total. The highest BCUT2D eigenvalue weighted by atomic mass is 16.5. The summed E-state index contributed by atoms with van der Waals surface area (Å²) in [5.74, 6) is 0.665. The molecule has 2 bridgehead atoms. The largest absolute Gasteiger partial charge is 0.366 e. The Morgan fingerprint density at radius 2 is 2.23 bits per heavy atom. The summed E-state index contributed by atoms with van der Waals surface area (Å²) in [4.78, 5) is 12.1. The maximum absolute atomic E-state index is 12.1. The first-order valence-electron chi connectivity index (χ1n) is 4.82. The average Bonchev–Trinajstić information content (AvgIpc) is 2.15. The van der Waals surface area contributed by atoms with Crippen LogP contribution in [0.3, 0.4) is 0 Å². The van der Waals surface area contributed by atoms with E-state index in [0.29, 0.717) is 5.92 Å². The molecule has 0 aromatic heterocycles. The molecule has 13 heavy (non-hydrogen) atoms. The van der Waals surface area contributed by atoms with Gasteiger partial charge in [-0.3, -0.25) is 4.79 Å². The maximum atomic E-state index is 12.1. The molecular weight excluding hydrogens is 164 g/mol. The second kappa shape index (κ2) is 2.44. The quantitative estimate of drug-likeness (QED) is 0.576. The van der Waals surface area contributed by atoms with E-state index in [0.717, 1.165) is 12.8 Å². The fraction of sp³-hybridized carbons (Fsp3) is 0.727. The van der Waals surface area contributed by atoms with Crippen LogP contribution in [0, 0.1) is 11.3 Å². The zero-order valence-electron chi connectivity index (χ0n) is 8.46. The van der Waals surface area contributed by atoms with Crippen molar-refractivity contribution < 1.29 is 9.53 Å². The normalized spacial score (nSPS) is 41.2. The van der Waals surface area contributed by atoms with Crippen molar-refractivity contribution in [3.05, 3.63) is 12.2 Å². The molecule has 0 aromatic rings. The third-order valence-corrected chi connectivity index (χ3v) is 3.69. The van der Waals surface area contributed by atoms with Gasteiger partial charge in [-0.1, -0.05) is 19.9 Å². The van der Waals surface area contributed by atoms with E-state index in [1.807, 2.05) is 19.9 Å². The molecule has 1 fully saturated rings. The highest BCUT2D eigenvalue weighted by Crippen LogP contribution is 2.48. The van der Waals surface area contributed by atoms with Crippen molar-refractivity contribution in [1.82, 2.24) is 0 Å². The Bertz CT molecular complexity index is 278. The number of methoxy groups -OCH3 is 1. The number of ether oxygens (including phenoxy) is 1.